The standard InChI is InChI=1S/C15H22N2OS.ClH/c1-15(16)10-4-3-5-13(15)14(18)17-11-6-8-12(19-2)9-7-11;/h6-9,13H,3-5,10,16H2,1-2H3,(H,17,18);1H. The lowest BCUT2D eigenvalue weighted by Gasteiger charge is -2.37. The number of rotatable bonds is 3. The first-order valence-corrected chi connectivity index (χ1v) is 7.99. The highest BCUT2D eigenvalue weighted by Crippen LogP contribution is 2.32. The maximum Gasteiger partial charge on any atom is 0.229 e. The van der Waals surface area contributed by atoms with Crippen LogP contribution < -0.4 is 11.1 Å². The number of benzene rings is 1. The number of carbonyl (C=O) groups is 1. The van der Waals surface area contributed by atoms with E-state index in [9.17, 15) is 4.79 Å². The normalized spacial score (nSPS) is 25.6. The minimum absolute atomic E-state index is 0. The quantitative estimate of drug-likeness (QED) is 0.837. The summed E-state index contributed by atoms with van der Waals surface area (Å²) in [6, 6.07) is 7.92. The third-order valence-corrected chi connectivity index (χ3v) is 4.67. The smallest absolute Gasteiger partial charge is 0.229 e. The number of hydrogen-bond donors (Lipinski definition) is 2. The first-order chi connectivity index (χ1) is 9.03. The summed E-state index contributed by atoms with van der Waals surface area (Å²) >= 11 is 1.69. The Labute approximate surface area is 131 Å². The number of amides is 1. The van der Waals surface area contributed by atoms with Gasteiger partial charge in [0.05, 0.1) is 5.92 Å². The summed E-state index contributed by atoms with van der Waals surface area (Å²) in [4.78, 5) is 13.5. The van der Waals surface area contributed by atoms with E-state index in [2.05, 4.69) is 5.32 Å². The molecule has 0 radical (unpaired) electrons. The average molecular weight is 315 g/mol. The molecule has 1 aromatic rings. The lowest BCUT2D eigenvalue weighted by molar-refractivity contribution is -0.122. The zero-order valence-corrected chi connectivity index (χ0v) is 13.7. The number of nitrogens with two attached hydrogens (primary N) is 1. The highest BCUT2D eigenvalue weighted by atomic mass is 35.5. The van der Waals surface area contributed by atoms with E-state index < -0.39 is 0 Å². The number of carbonyl (C=O) groups excluding carboxylic acids is 1. The Hall–Kier alpha value is -0.710. The van der Waals surface area contributed by atoms with Gasteiger partial charge >= 0.3 is 0 Å². The number of hydrogen-bond acceptors (Lipinski definition) is 3. The van der Waals surface area contributed by atoms with Crippen LogP contribution in [-0.2, 0) is 4.79 Å². The third kappa shape index (κ3) is 4.14. The molecule has 1 aromatic carbocycles. The Bertz CT molecular complexity index is 448. The first kappa shape index (κ1) is 17.3. The van der Waals surface area contributed by atoms with Crippen molar-refractivity contribution in [3.8, 4) is 0 Å². The summed E-state index contributed by atoms with van der Waals surface area (Å²) in [5, 5.41) is 2.99. The lowest BCUT2D eigenvalue weighted by Crippen LogP contribution is -2.51. The molecule has 1 aliphatic rings. The van der Waals surface area contributed by atoms with E-state index in [4.69, 9.17) is 5.73 Å². The number of thioether (sulfide) groups is 1. The topological polar surface area (TPSA) is 55.1 Å². The molecular weight excluding hydrogens is 292 g/mol. The predicted octanol–water partition coefficient (Wildman–Crippen LogP) is 3.68. The van der Waals surface area contributed by atoms with Gasteiger partial charge in [-0.3, -0.25) is 4.79 Å². The predicted molar refractivity (Wildman–Crippen MR) is 88.7 cm³/mol. The van der Waals surface area contributed by atoms with E-state index >= 15 is 0 Å². The third-order valence-electron chi connectivity index (χ3n) is 3.93. The van der Waals surface area contributed by atoms with Crippen LogP contribution in [0.5, 0.6) is 0 Å². The molecule has 1 amide bonds. The van der Waals surface area contributed by atoms with E-state index in [0.717, 1.165) is 31.4 Å². The molecule has 0 aromatic heterocycles. The molecule has 5 heteroatoms. The van der Waals surface area contributed by atoms with Gasteiger partial charge in [-0.2, -0.15) is 0 Å². The zero-order valence-electron chi connectivity index (χ0n) is 12.0. The van der Waals surface area contributed by atoms with Crippen LogP contribution in [0.1, 0.15) is 32.6 Å². The van der Waals surface area contributed by atoms with Crippen LogP contribution in [0.2, 0.25) is 0 Å². The summed E-state index contributed by atoms with van der Waals surface area (Å²) in [5.74, 6) is -0.0249. The minimum atomic E-state index is -0.373. The summed E-state index contributed by atoms with van der Waals surface area (Å²) in [5.41, 5.74) is 6.74. The second-order valence-corrected chi connectivity index (χ2v) is 6.40. The Morgan fingerprint density at radius 3 is 2.55 bits per heavy atom. The van der Waals surface area contributed by atoms with Crippen molar-refractivity contribution in [1.29, 1.82) is 0 Å². The maximum absolute atomic E-state index is 12.3. The van der Waals surface area contributed by atoms with Gasteiger partial charge in [-0.1, -0.05) is 12.8 Å². The molecule has 0 heterocycles. The molecule has 0 bridgehead atoms. The van der Waals surface area contributed by atoms with Crippen LogP contribution >= 0.6 is 24.2 Å². The van der Waals surface area contributed by atoms with E-state index in [-0.39, 0.29) is 29.8 Å². The zero-order chi connectivity index (χ0) is 13.9. The Morgan fingerprint density at radius 1 is 1.35 bits per heavy atom. The fraction of sp³-hybridized carbons (Fsp3) is 0.533. The lowest BCUT2D eigenvalue weighted by atomic mass is 9.74. The van der Waals surface area contributed by atoms with Crippen molar-refractivity contribution < 1.29 is 4.79 Å². The molecule has 20 heavy (non-hydrogen) atoms. The number of nitrogens with one attached hydrogen (secondary N) is 1. The number of anilines is 1. The minimum Gasteiger partial charge on any atom is -0.326 e. The van der Waals surface area contributed by atoms with Crippen molar-refractivity contribution in [3.63, 3.8) is 0 Å². The first-order valence-electron chi connectivity index (χ1n) is 6.77. The Kier molecular flexibility index (Phi) is 6.37. The summed E-state index contributed by atoms with van der Waals surface area (Å²) in [6.45, 7) is 1.99. The second-order valence-electron chi connectivity index (χ2n) is 5.52. The van der Waals surface area contributed by atoms with Gasteiger partial charge in [-0.15, -0.1) is 24.2 Å². The van der Waals surface area contributed by atoms with Crippen LogP contribution in [0.25, 0.3) is 0 Å². The molecule has 1 aliphatic carbocycles. The molecule has 1 fully saturated rings. The highest BCUT2D eigenvalue weighted by Gasteiger charge is 2.37. The maximum atomic E-state index is 12.3. The number of halogens is 1. The van der Waals surface area contributed by atoms with Gasteiger partial charge in [0.15, 0.2) is 0 Å². The van der Waals surface area contributed by atoms with Crippen LogP contribution in [0.15, 0.2) is 29.2 Å². The molecule has 2 unspecified atom stereocenters. The van der Waals surface area contributed by atoms with Crippen molar-refractivity contribution in [1.82, 2.24) is 0 Å². The van der Waals surface area contributed by atoms with Gasteiger partial charge in [0, 0.05) is 16.1 Å². The fourth-order valence-electron chi connectivity index (χ4n) is 2.69. The van der Waals surface area contributed by atoms with Crippen LogP contribution in [-0.4, -0.2) is 17.7 Å². The van der Waals surface area contributed by atoms with Gasteiger partial charge in [-0.25, -0.2) is 0 Å². The van der Waals surface area contributed by atoms with Gasteiger partial charge < -0.3 is 11.1 Å². The van der Waals surface area contributed by atoms with E-state index in [1.807, 2.05) is 37.4 Å². The molecule has 2 atom stereocenters. The highest BCUT2D eigenvalue weighted by molar-refractivity contribution is 7.98. The van der Waals surface area contributed by atoms with Gasteiger partial charge in [-0.05, 0) is 50.3 Å². The molecule has 3 N–H and O–H groups in total. The van der Waals surface area contributed by atoms with Crippen molar-refractivity contribution >= 4 is 35.8 Å². The average Bonchev–Trinajstić information content (AvgIpc) is 2.39. The molecule has 0 aliphatic heterocycles. The Morgan fingerprint density at radius 2 is 2.00 bits per heavy atom. The SMILES string of the molecule is CSc1ccc(NC(=O)C2CCCCC2(C)N)cc1.Cl. The van der Waals surface area contributed by atoms with Crippen molar-refractivity contribution in [2.24, 2.45) is 11.7 Å². The van der Waals surface area contributed by atoms with Crippen molar-refractivity contribution in [3.05, 3.63) is 24.3 Å². The molecular formula is C15H23ClN2OS. The molecule has 0 saturated heterocycles. The van der Waals surface area contributed by atoms with Crippen molar-refractivity contribution in [2.75, 3.05) is 11.6 Å². The van der Waals surface area contributed by atoms with Crippen LogP contribution in [0, 0.1) is 5.92 Å². The Balaban J connectivity index is 0.00000200. The second kappa shape index (κ2) is 7.34. The fourth-order valence-corrected chi connectivity index (χ4v) is 3.10. The molecule has 3 nitrogen and oxygen atoms in total. The molecule has 2 rings (SSSR count). The summed E-state index contributed by atoms with van der Waals surface area (Å²) in [7, 11) is 0. The van der Waals surface area contributed by atoms with E-state index in [1.165, 1.54) is 4.90 Å². The van der Waals surface area contributed by atoms with E-state index in [0.29, 0.717) is 0 Å². The molecule has 0 spiro atoms. The summed E-state index contributed by atoms with van der Waals surface area (Å²) < 4.78 is 0. The monoisotopic (exact) mass is 314 g/mol. The molecule has 1 saturated carbocycles. The molecule has 112 valence electrons. The summed E-state index contributed by atoms with van der Waals surface area (Å²) in [6.07, 6.45) is 6.07. The van der Waals surface area contributed by atoms with Crippen molar-refractivity contribution in [2.45, 2.75) is 43.0 Å². The van der Waals surface area contributed by atoms with Gasteiger partial charge in [0.1, 0.15) is 0 Å². The largest absolute Gasteiger partial charge is 0.326 e. The van der Waals surface area contributed by atoms with Crippen LogP contribution in [0.3, 0.4) is 0 Å². The van der Waals surface area contributed by atoms with E-state index in [1.54, 1.807) is 11.8 Å². The van der Waals surface area contributed by atoms with Crippen LogP contribution in [0.4, 0.5) is 5.69 Å². The van der Waals surface area contributed by atoms with Gasteiger partial charge in [0.25, 0.3) is 0 Å². The van der Waals surface area contributed by atoms with Gasteiger partial charge in [0.2, 0.25) is 5.91 Å².